The molecule has 22 heavy (non-hydrogen) atoms. The number of hydrogen-bond donors (Lipinski definition) is 0. The number of nitrogens with zero attached hydrogens (tertiary/aromatic N) is 3. The SMILES string of the molecule is CC(=O)CC1(C)OCc2c(N3CCOC[C@@H]3C)nc(Cl)nc21. The van der Waals surface area contributed by atoms with Crippen LogP contribution >= 0.6 is 11.6 Å². The molecule has 0 amide bonds. The van der Waals surface area contributed by atoms with E-state index in [-0.39, 0.29) is 23.5 Å². The number of hydrogen-bond acceptors (Lipinski definition) is 6. The summed E-state index contributed by atoms with van der Waals surface area (Å²) in [4.78, 5) is 22.5. The number of ketones is 1. The van der Waals surface area contributed by atoms with Crippen molar-refractivity contribution >= 4 is 23.2 Å². The van der Waals surface area contributed by atoms with Gasteiger partial charge in [-0.3, -0.25) is 4.79 Å². The Labute approximate surface area is 134 Å². The lowest BCUT2D eigenvalue weighted by atomic mass is 9.94. The van der Waals surface area contributed by atoms with E-state index in [1.54, 1.807) is 6.92 Å². The molecular weight excluding hydrogens is 306 g/mol. The summed E-state index contributed by atoms with van der Waals surface area (Å²) in [7, 11) is 0. The molecule has 0 aliphatic carbocycles. The first-order valence-corrected chi connectivity index (χ1v) is 7.83. The van der Waals surface area contributed by atoms with E-state index in [1.165, 1.54) is 0 Å². The molecule has 2 aliphatic heterocycles. The first kappa shape index (κ1) is 15.6. The molecule has 1 unspecified atom stereocenters. The lowest BCUT2D eigenvalue weighted by Gasteiger charge is -2.35. The van der Waals surface area contributed by atoms with Gasteiger partial charge in [0.25, 0.3) is 0 Å². The summed E-state index contributed by atoms with van der Waals surface area (Å²) < 4.78 is 11.4. The van der Waals surface area contributed by atoms with Crippen LogP contribution in [0.25, 0.3) is 0 Å². The molecule has 0 aromatic carbocycles. The van der Waals surface area contributed by atoms with E-state index in [0.29, 0.717) is 19.8 Å². The largest absolute Gasteiger partial charge is 0.377 e. The monoisotopic (exact) mass is 325 g/mol. The van der Waals surface area contributed by atoms with Crippen molar-refractivity contribution < 1.29 is 14.3 Å². The second kappa shape index (κ2) is 5.76. The molecule has 0 N–H and O–H groups in total. The normalized spacial score (nSPS) is 27.8. The second-order valence-electron chi connectivity index (χ2n) is 6.16. The Morgan fingerprint density at radius 2 is 2.27 bits per heavy atom. The minimum absolute atomic E-state index is 0.0615. The highest BCUT2D eigenvalue weighted by molar-refractivity contribution is 6.28. The number of morpholine rings is 1. The minimum Gasteiger partial charge on any atom is -0.377 e. The van der Waals surface area contributed by atoms with Crippen LogP contribution in [0.5, 0.6) is 0 Å². The summed E-state index contributed by atoms with van der Waals surface area (Å²) in [6.45, 7) is 8.00. The van der Waals surface area contributed by atoms with Crippen LogP contribution in [0.1, 0.15) is 38.4 Å². The topological polar surface area (TPSA) is 64.5 Å². The molecule has 0 saturated carbocycles. The van der Waals surface area contributed by atoms with Gasteiger partial charge in [-0.15, -0.1) is 0 Å². The lowest BCUT2D eigenvalue weighted by Crippen LogP contribution is -2.44. The van der Waals surface area contributed by atoms with Gasteiger partial charge in [0.05, 0.1) is 31.6 Å². The molecular formula is C15H20ClN3O3. The van der Waals surface area contributed by atoms with E-state index in [2.05, 4.69) is 21.8 Å². The maximum atomic E-state index is 11.6. The number of carbonyl (C=O) groups excluding carboxylic acids is 1. The molecule has 0 spiro atoms. The van der Waals surface area contributed by atoms with Gasteiger partial charge < -0.3 is 14.4 Å². The third kappa shape index (κ3) is 2.71. The molecule has 3 heterocycles. The Morgan fingerprint density at radius 1 is 1.50 bits per heavy atom. The Balaban J connectivity index is 2.04. The van der Waals surface area contributed by atoms with Gasteiger partial charge >= 0.3 is 0 Å². The van der Waals surface area contributed by atoms with Gasteiger partial charge in [-0.1, -0.05) is 0 Å². The molecule has 1 saturated heterocycles. The molecule has 0 radical (unpaired) electrons. The summed E-state index contributed by atoms with van der Waals surface area (Å²) in [5.41, 5.74) is 0.941. The van der Waals surface area contributed by atoms with Crippen molar-refractivity contribution in [2.45, 2.75) is 45.4 Å². The molecule has 120 valence electrons. The number of halogens is 1. The molecule has 6 nitrogen and oxygen atoms in total. The van der Waals surface area contributed by atoms with Crippen LogP contribution in [0.4, 0.5) is 5.82 Å². The van der Waals surface area contributed by atoms with Gasteiger partial charge in [-0.25, -0.2) is 9.97 Å². The van der Waals surface area contributed by atoms with Gasteiger partial charge in [0.15, 0.2) is 0 Å². The average Bonchev–Trinajstić information content (AvgIpc) is 2.75. The second-order valence-corrected chi connectivity index (χ2v) is 6.50. The molecule has 0 bridgehead atoms. The molecule has 1 fully saturated rings. The lowest BCUT2D eigenvalue weighted by molar-refractivity contribution is -0.124. The van der Waals surface area contributed by atoms with E-state index < -0.39 is 5.60 Å². The number of ether oxygens (including phenoxy) is 2. The number of fused-ring (bicyclic) bond motifs is 1. The first-order valence-electron chi connectivity index (χ1n) is 7.45. The zero-order valence-corrected chi connectivity index (χ0v) is 13.8. The molecule has 1 aromatic heterocycles. The summed E-state index contributed by atoms with van der Waals surface area (Å²) in [6.07, 6.45) is 0.283. The van der Waals surface area contributed by atoms with Gasteiger partial charge in [0.1, 0.15) is 17.2 Å². The highest BCUT2D eigenvalue weighted by Gasteiger charge is 2.41. The van der Waals surface area contributed by atoms with Crippen molar-refractivity contribution in [1.82, 2.24) is 9.97 Å². The van der Waals surface area contributed by atoms with Crippen LogP contribution in [0.15, 0.2) is 0 Å². The predicted molar refractivity (Wildman–Crippen MR) is 82.1 cm³/mol. The van der Waals surface area contributed by atoms with Gasteiger partial charge in [0.2, 0.25) is 5.28 Å². The van der Waals surface area contributed by atoms with Crippen molar-refractivity contribution in [3.63, 3.8) is 0 Å². The highest BCUT2D eigenvalue weighted by Crippen LogP contribution is 2.42. The van der Waals surface area contributed by atoms with Crippen molar-refractivity contribution in [3.05, 3.63) is 16.5 Å². The van der Waals surface area contributed by atoms with Crippen molar-refractivity contribution in [1.29, 1.82) is 0 Å². The minimum atomic E-state index is -0.724. The smallest absolute Gasteiger partial charge is 0.224 e. The fourth-order valence-corrected chi connectivity index (χ4v) is 3.37. The van der Waals surface area contributed by atoms with E-state index in [9.17, 15) is 4.79 Å². The van der Waals surface area contributed by atoms with Crippen LogP contribution in [-0.4, -0.2) is 41.6 Å². The van der Waals surface area contributed by atoms with E-state index >= 15 is 0 Å². The summed E-state index contributed by atoms with van der Waals surface area (Å²) >= 11 is 6.14. The Morgan fingerprint density at radius 3 is 2.95 bits per heavy atom. The van der Waals surface area contributed by atoms with Crippen LogP contribution in [0.3, 0.4) is 0 Å². The maximum Gasteiger partial charge on any atom is 0.224 e. The number of aromatic nitrogens is 2. The standard InChI is InChI=1S/C15H20ClN3O3/c1-9-7-21-5-4-19(9)13-11-8-22-15(3,6-10(2)20)12(11)17-14(16)18-13/h9H,4-8H2,1-3H3/t9-,15?/m0/s1. The molecule has 3 rings (SSSR count). The van der Waals surface area contributed by atoms with Crippen molar-refractivity contribution in [2.75, 3.05) is 24.7 Å². The van der Waals surface area contributed by atoms with Crippen molar-refractivity contribution in [3.8, 4) is 0 Å². The predicted octanol–water partition coefficient (Wildman–Crippen LogP) is 2.08. The zero-order valence-electron chi connectivity index (χ0n) is 13.1. The summed E-state index contributed by atoms with van der Waals surface area (Å²) in [5.74, 6) is 0.865. The number of rotatable bonds is 3. The first-order chi connectivity index (χ1) is 10.4. The third-order valence-corrected chi connectivity index (χ3v) is 4.39. The van der Waals surface area contributed by atoms with E-state index in [4.69, 9.17) is 21.1 Å². The van der Waals surface area contributed by atoms with Crippen LogP contribution in [0, 0.1) is 0 Å². The van der Waals surface area contributed by atoms with Gasteiger partial charge in [-0.2, -0.15) is 0 Å². The quantitative estimate of drug-likeness (QED) is 0.793. The van der Waals surface area contributed by atoms with Crippen LogP contribution in [-0.2, 0) is 26.5 Å². The number of Topliss-reactive ketones (excluding diaryl/α,β-unsaturated/α-hetero) is 1. The average molecular weight is 326 g/mol. The van der Waals surface area contributed by atoms with E-state index in [0.717, 1.165) is 23.6 Å². The third-order valence-electron chi connectivity index (χ3n) is 4.22. The van der Waals surface area contributed by atoms with Gasteiger partial charge in [0, 0.05) is 18.5 Å². The zero-order chi connectivity index (χ0) is 15.9. The van der Waals surface area contributed by atoms with Crippen molar-refractivity contribution in [2.24, 2.45) is 0 Å². The Bertz CT molecular complexity index is 610. The molecule has 2 atom stereocenters. The number of carbonyl (C=O) groups is 1. The van der Waals surface area contributed by atoms with Crippen LogP contribution in [0.2, 0.25) is 5.28 Å². The maximum absolute atomic E-state index is 11.6. The summed E-state index contributed by atoms with van der Waals surface area (Å²) in [5, 5.41) is 0.188. The summed E-state index contributed by atoms with van der Waals surface area (Å²) in [6, 6.07) is 0.212. The fourth-order valence-electron chi connectivity index (χ4n) is 3.20. The Kier molecular flexibility index (Phi) is 4.09. The Hall–Kier alpha value is -1.24. The fraction of sp³-hybridized carbons (Fsp3) is 0.667. The van der Waals surface area contributed by atoms with Crippen LogP contribution < -0.4 is 4.90 Å². The highest BCUT2D eigenvalue weighted by atomic mass is 35.5. The van der Waals surface area contributed by atoms with Gasteiger partial charge in [-0.05, 0) is 32.4 Å². The van der Waals surface area contributed by atoms with E-state index in [1.807, 2.05) is 6.92 Å². The molecule has 7 heteroatoms. The molecule has 1 aromatic rings. The number of anilines is 1. The molecule has 2 aliphatic rings.